The number of thiophene rings is 1. The number of hydrogen-bond donors (Lipinski definition) is 1. The van der Waals surface area contributed by atoms with Crippen molar-refractivity contribution in [1.29, 1.82) is 0 Å². The molecule has 1 N–H and O–H groups in total. The van der Waals surface area contributed by atoms with Gasteiger partial charge in [-0.15, -0.1) is 11.3 Å². The van der Waals surface area contributed by atoms with Gasteiger partial charge in [0, 0.05) is 17.2 Å². The zero-order chi connectivity index (χ0) is 16.3. The van der Waals surface area contributed by atoms with Crippen molar-refractivity contribution in [3.63, 3.8) is 0 Å². The van der Waals surface area contributed by atoms with E-state index in [2.05, 4.69) is 25.6 Å². The van der Waals surface area contributed by atoms with Crippen molar-refractivity contribution in [1.82, 2.24) is 9.71 Å². The van der Waals surface area contributed by atoms with E-state index in [9.17, 15) is 8.42 Å². The van der Waals surface area contributed by atoms with Crippen molar-refractivity contribution in [3.8, 4) is 10.6 Å². The summed E-state index contributed by atoms with van der Waals surface area (Å²) in [6, 6.07) is 14.3. The van der Waals surface area contributed by atoms with E-state index in [1.165, 1.54) is 0 Å². The van der Waals surface area contributed by atoms with Gasteiger partial charge in [0.15, 0.2) is 0 Å². The van der Waals surface area contributed by atoms with Gasteiger partial charge in [0.05, 0.1) is 15.5 Å². The molecule has 2 heterocycles. The van der Waals surface area contributed by atoms with Crippen LogP contribution < -0.4 is 4.72 Å². The largest absolute Gasteiger partial charge is 0.255 e. The molecule has 23 heavy (non-hydrogen) atoms. The molecule has 0 aliphatic carbocycles. The van der Waals surface area contributed by atoms with E-state index in [0.717, 1.165) is 16.1 Å². The van der Waals surface area contributed by atoms with Crippen LogP contribution in [0.5, 0.6) is 0 Å². The van der Waals surface area contributed by atoms with E-state index in [1.807, 2.05) is 23.6 Å². The predicted octanol–water partition coefficient (Wildman–Crippen LogP) is 4.05. The maximum absolute atomic E-state index is 12.5. The number of benzene rings is 1. The molecule has 0 bridgehead atoms. The molecule has 0 atom stereocenters. The first-order valence-electron chi connectivity index (χ1n) is 6.80. The monoisotopic (exact) mass is 408 g/mol. The van der Waals surface area contributed by atoms with Crippen LogP contribution in [0.2, 0.25) is 0 Å². The maximum Gasteiger partial charge on any atom is 0.241 e. The van der Waals surface area contributed by atoms with Gasteiger partial charge in [0.2, 0.25) is 10.0 Å². The lowest BCUT2D eigenvalue weighted by Crippen LogP contribution is -2.24. The molecule has 1 aromatic carbocycles. The Morgan fingerprint density at radius 1 is 1.09 bits per heavy atom. The number of nitrogens with one attached hydrogen (secondary N) is 1. The lowest BCUT2D eigenvalue weighted by Gasteiger charge is -2.10. The molecule has 0 saturated carbocycles. The van der Waals surface area contributed by atoms with Crippen LogP contribution in [0.4, 0.5) is 0 Å². The second-order valence-corrected chi connectivity index (χ2v) is 8.28. The van der Waals surface area contributed by atoms with Crippen molar-refractivity contribution in [2.75, 3.05) is 0 Å². The smallest absolute Gasteiger partial charge is 0.241 e. The number of sulfonamides is 1. The molecule has 0 amide bonds. The number of aromatic nitrogens is 1. The predicted molar refractivity (Wildman–Crippen MR) is 95.7 cm³/mol. The van der Waals surface area contributed by atoms with Crippen LogP contribution in [0, 0.1) is 0 Å². The Labute approximate surface area is 147 Å². The summed E-state index contributed by atoms with van der Waals surface area (Å²) in [5, 5.41) is 1.97. The van der Waals surface area contributed by atoms with E-state index in [-0.39, 0.29) is 11.4 Å². The van der Waals surface area contributed by atoms with Crippen LogP contribution in [0.1, 0.15) is 5.56 Å². The molecule has 7 heteroatoms. The second-order valence-electron chi connectivity index (χ2n) is 4.74. The van der Waals surface area contributed by atoms with Crippen molar-refractivity contribution in [3.05, 3.63) is 70.1 Å². The summed E-state index contributed by atoms with van der Waals surface area (Å²) in [5.74, 6) is 0. The highest BCUT2D eigenvalue weighted by Crippen LogP contribution is 2.26. The number of nitrogens with zero attached hydrogens (tertiary/aromatic N) is 1. The molecule has 0 unspecified atom stereocenters. The Morgan fingerprint density at radius 3 is 2.65 bits per heavy atom. The zero-order valence-electron chi connectivity index (χ0n) is 11.9. The Kier molecular flexibility index (Phi) is 4.91. The lowest BCUT2D eigenvalue weighted by atomic mass is 10.2. The first kappa shape index (κ1) is 16.3. The minimum atomic E-state index is -3.60. The summed E-state index contributed by atoms with van der Waals surface area (Å²) in [5.41, 5.74) is 1.64. The average molecular weight is 409 g/mol. The van der Waals surface area contributed by atoms with Crippen LogP contribution in [0.3, 0.4) is 0 Å². The summed E-state index contributed by atoms with van der Waals surface area (Å²) >= 11 is 4.85. The fraction of sp³-hybridized carbons (Fsp3) is 0.0625. The van der Waals surface area contributed by atoms with E-state index in [1.54, 1.807) is 47.9 Å². The first-order chi connectivity index (χ1) is 11.1. The van der Waals surface area contributed by atoms with Gasteiger partial charge in [0.1, 0.15) is 0 Å². The molecule has 3 aromatic rings. The topological polar surface area (TPSA) is 59.1 Å². The Morgan fingerprint density at radius 2 is 1.91 bits per heavy atom. The summed E-state index contributed by atoms with van der Waals surface area (Å²) in [6.07, 6.45) is 1.71. The fourth-order valence-corrected chi connectivity index (χ4v) is 4.89. The van der Waals surface area contributed by atoms with Gasteiger partial charge >= 0.3 is 0 Å². The highest BCUT2D eigenvalue weighted by molar-refractivity contribution is 9.10. The summed E-state index contributed by atoms with van der Waals surface area (Å²) in [6.45, 7) is 0.185. The number of halogens is 1. The second kappa shape index (κ2) is 6.92. The quantitative estimate of drug-likeness (QED) is 0.692. The molecule has 0 fully saturated rings. The van der Waals surface area contributed by atoms with Crippen molar-refractivity contribution in [2.45, 2.75) is 11.4 Å². The number of hydrogen-bond acceptors (Lipinski definition) is 4. The van der Waals surface area contributed by atoms with Crippen molar-refractivity contribution >= 4 is 37.3 Å². The summed E-state index contributed by atoms with van der Waals surface area (Å²) in [4.78, 5) is 5.62. The van der Waals surface area contributed by atoms with E-state index >= 15 is 0 Å². The van der Waals surface area contributed by atoms with Crippen LogP contribution in [-0.2, 0) is 16.6 Å². The summed E-state index contributed by atoms with van der Waals surface area (Å²) < 4.78 is 28.1. The molecule has 118 valence electrons. The standard InChI is InChI=1S/C16H13BrN2O2S2/c17-13-6-1-2-8-15(13)23(20,21)19-11-12-5-3-9-18-16(12)14-7-4-10-22-14/h1-10,19H,11H2. The van der Waals surface area contributed by atoms with Gasteiger partial charge in [-0.2, -0.15) is 0 Å². The SMILES string of the molecule is O=S(=O)(NCc1cccnc1-c1cccs1)c1ccccc1Br. The van der Waals surface area contributed by atoms with E-state index in [4.69, 9.17) is 0 Å². The normalized spacial score (nSPS) is 11.5. The molecule has 0 radical (unpaired) electrons. The van der Waals surface area contributed by atoms with Gasteiger partial charge in [-0.1, -0.05) is 24.3 Å². The van der Waals surface area contributed by atoms with Crippen molar-refractivity contribution < 1.29 is 8.42 Å². The van der Waals surface area contributed by atoms with Crippen LogP contribution in [0.25, 0.3) is 10.6 Å². The molecule has 4 nitrogen and oxygen atoms in total. The zero-order valence-corrected chi connectivity index (χ0v) is 15.2. The highest BCUT2D eigenvalue weighted by Gasteiger charge is 2.17. The molecule has 2 aromatic heterocycles. The highest BCUT2D eigenvalue weighted by atomic mass is 79.9. The molecule has 0 aliphatic heterocycles. The molecular formula is C16H13BrN2O2S2. The van der Waals surface area contributed by atoms with E-state index in [0.29, 0.717) is 4.47 Å². The van der Waals surface area contributed by atoms with Crippen LogP contribution in [0.15, 0.2) is 69.5 Å². The Balaban J connectivity index is 1.86. The van der Waals surface area contributed by atoms with Gasteiger partial charge < -0.3 is 0 Å². The third kappa shape index (κ3) is 3.69. The van der Waals surface area contributed by atoms with Crippen LogP contribution >= 0.6 is 27.3 Å². The summed E-state index contributed by atoms with van der Waals surface area (Å²) in [7, 11) is -3.60. The number of pyridine rings is 1. The average Bonchev–Trinajstić information content (AvgIpc) is 3.08. The molecular weight excluding hydrogens is 396 g/mol. The maximum atomic E-state index is 12.5. The third-order valence-electron chi connectivity index (χ3n) is 3.22. The van der Waals surface area contributed by atoms with Crippen LogP contribution in [-0.4, -0.2) is 13.4 Å². The fourth-order valence-electron chi connectivity index (χ4n) is 2.13. The molecule has 0 aliphatic rings. The minimum absolute atomic E-state index is 0.185. The van der Waals surface area contributed by atoms with Gasteiger partial charge in [-0.05, 0) is 51.1 Å². The third-order valence-corrected chi connectivity index (χ3v) is 6.51. The van der Waals surface area contributed by atoms with Gasteiger partial charge in [0.25, 0.3) is 0 Å². The lowest BCUT2D eigenvalue weighted by molar-refractivity contribution is 0.581. The first-order valence-corrected chi connectivity index (χ1v) is 9.95. The minimum Gasteiger partial charge on any atom is -0.255 e. The molecule has 0 spiro atoms. The van der Waals surface area contributed by atoms with Crippen molar-refractivity contribution in [2.24, 2.45) is 0 Å². The number of rotatable bonds is 5. The van der Waals surface area contributed by atoms with Gasteiger partial charge in [-0.3, -0.25) is 4.98 Å². The Hall–Kier alpha value is -1.54. The Bertz CT molecular complexity index is 909. The van der Waals surface area contributed by atoms with E-state index < -0.39 is 10.0 Å². The van der Waals surface area contributed by atoms with Gasteiger partial charge in [-0.25, -0.2) is 13.1 Å². The molecule has 3 rings (SSSR count). The molecule has 0 saturated heterocycles.